The van der Waals surface area contributed by atoms with Gasteiger partial charge >= 0.3 is 0 Å². The van der Waals surface area contributed by atoms with Crippen molar-refractivity contribution < 1.29 is 13.9 Å². The molecule has 0 fully saturated rings. The lowest BCUT2D eigenvalue weighted by Gasteiger charge is -2.19. The van der Waals surface area contributed by atoms with E-state index in [1.54, 1.807) is 48.6 Å². The lowest BCUT2D eigenvalue weighted by molar-refractivity contribution is 0.0983. The predicted molar refractivity (Wildman–Crippen MR) is 115 cm³/mol. The van der Waals surface area contributed by atoms with Gasteiger partial charge in [0, 0.05) is 21.5 Å². The Hall–Kier alpha value is -3.09. The Morgan fingerprint density at radius 2 is 1.90 bits per heavy atom. The topological polar surface area (TPSA) is 55.6 Å². The second-order valence-electron chi connectivity index (χ2n) is 6.22. The van der Waals surface area contributed by atoms with Crippen molar-refractivity contribution in [3.63, 3.8) is 0 Å². The Bertz CT molecular complexity index is 1090. The molecule has 0 bridgehead atoms. The molecule has 2 heterocycles. The van der Waals surface area contributed by atoms with Gasteiger partial charge in [-0.15, -0.1) is 11.3 Å². The number of thiazole rings is 1. The highest BCUT2D eigenvalue weighted by Crippen LogP contribution is 2.30. The summed E-state index contributed by atoms with van der Waals surface area (Å²) in [5, 5.41) is 3.18. The van der Waals surface area contributed by atoms with Crippen LogP contribution in [0.3, 0.4) is 0 Å². The van der Waals surface area contributed by atoms with Crippen LogP contribution >= 0.6 is 22.9 Å². The molecule has 7 heteroatoms. The van der Waals surface area contributed by atoms with Crippen LogP contribution < -0.4 is 9.64 Å². The van der Waals surface area contributed by atoms with Gasteiger partial charge in [0.1, 0.15) is 11.5 Å². The molecule has 0 saturated heterocycles. The fourth-order valence-corrected chi connectivity index (χ4v) is 3.77. The summed E-state index contributed by atoms with van der Waals surface area (Å²) in [5.74, 6) is 1.20. The first kappa shape index (κ1) is 19.2. The number of methoxy groups -OCH3 is 1. The van der Waals surface area contributed by atoms with Gasteiger partial charge in [0.25, 0.3) is 5.91 Å². The molecule has 0 spiro atoms. The molecule has 29 heavy (non-hydrogen) atoms. The minimum absolute atomic E-state index is 0.166. The summed E-state index contributed by atoms with van der Waals surface area (Å²) in [4.78, 5) is 19.6. The quantitative estimate of drug-likeness (QED) is 0.386. The van der Waals surface area contributed by atoms with Crippen LogP contribution in [-0.4, -0.2) is 18.0 Å². The van der Waals surface area contributed by atoms with E-state index in [4.69, 9.17) is 20.8 Å². The van der Waals surface area contributed by atoms with E-state index in [-0.39, 0.29) is 12.5 Å². The van der Waals surface area contributed by atoms with Crippen molar-refractivity contribution in [1.82, 2.24) is 4.98 Å². The SMILES string of the molecule is COc1ccc(C(=O)N(Cc2ccco2)c2nc(-c3ccc(Cl)cc3)cs2)cc1. The lowest BCUT2D eigenvalue weighted by Crippen LogP contribution is -2.30. The molecule has 0 radical (unpaired) electrons. The van der Waals surface area contributed by atoms with E-state index in [0.717, 1.165) is 11.3 Å². The Morgan fingerprint density at radius 3 is 2.55 bits per heavy atom. The number of carbonyl (C=O) groups excluding carboxylic acids is 1. The van der Waals surface area contributed by atoms with Crippen molar-refractivity contribution in [2.24, 2.45) is 0 Å². The number of carbonyl (C=O) groups is 1. The molecule has 2 aromatic carbocycles. The molecule has 0 aliphatic heterocycles. The maximum atomic E-state index is 13.3. The second-order valence-corrected chi connectivity index (χ2v) is 7.49. The summed E-state index contributed by atoms with van der Waals surface area (Å²) in [6.07, 6.45) is 1.59. The Balaban J connectivity index is 1.66. The largest absolute Gasteiger partial charge is 0.497 e. The van der Waals surface area contributed by atoms with E-state index >= 15 is 0 Å². The number of aromatic nitrogens is 1. The van der Waals surface area contributed by atoms with Crippen LogP contribution in [0.15, 0.2) is 76.7 Å². The van der Waals surface area contributed by atoms with Crippen LogP contribution in [0.25, 0.3) is 11.3 Å². The van der Waals surface area contributed by atoms with Gasteiger partial charge < -0.3 is 9.15 Å². The smallest absolute Gasteiger partial charge is 0.260 e. The van der Waals surface area contributed by atoms with Crippen molar-refractivity contribution in [1.29, 1.82) is 0 Å². The molecule has 4 rings (SSSR count). The standard InChI is InChI=1S/C22H17ClN2O3S/c1-27-18-10-6-16(7-11-18)21(26)25(13-19-3-2-12-28-19)22-24-20(14-29-22)15-4-8-17(23)9-5-15/h2-12,14H,13H2,1H3. The summed E-state index contributed by atoms with van der Waals surface area (Å²) >= 11 is 7.38. The third-order valence-electron chi connectivity index (χ3n) is 4.34. The molecule has 0 atom stereocenters. The van der Waals surface area contributed by atoms with Crippen molar-refractivity contribution in [3.8, 4) is 17.0 Å². The van der Waals surface area contributed by atoms with Crippen molar-refractivity contribution >= 4 is 34.0 Å². The monoisotopic (exact) mass is 424 g/mol. The zero-order valence-corrected chi connectivity index (χ0v) is 17.1. The van der Waals surface area contributed by atoms with Gasteiger partial charge in [-0.2, -0.15) is 0 Å². The third-order valence-corrected chi connectivity index (χ3v) is 5.45. The van der Waals surface area contributed by atoms with E-state index in [2.05, 4.69) is 4.98 Å². The van der Waals surface area contributed by atoms with Gasteiger partial charge in [-0.05, 0) is 48.5 Å². The summed E-state index contributed by atoms with van der Waals surface area (Å²) in [7, 11) is 1.59. The molecule has 146 valence electrons. The number of hydrogen-bond donors (Lipinski definition) is 0. The average Bonchev–Trinajstić information content (AvgIpc) is 3.44. The summed E-state index contributed by atoms with van der Waals surface area (Å²) < 4.78 is 10.6. The number of halogens is 1. The van der Waals surface area contributed by atoms with Crippen LogP contribution in [0.2, 0.25) is 5.02 Å². The van der Waals surface area contributed by atoms with Crippen LogP contribution in [0.1, 0.15) is 16.1 Å². The molecule has 0 aliphatic rings. The number of benzene rings is 2. The predicted octanol–water partition coefficient (Wildman–Crippen LogP) is 5.91. The van der Waals surface area contributed by atoms with Gasteiger partial charge in [-0.3, -0.25) is 9.69 Å². The number of rotatable bonds is 6. The normalized spacial score (nSPS) is 10.7. The summed E-state index contributed by atoms with van der Waals surface area (Å²) in [5.41, 5.74) is 2.26. The van der Waals surface area contributed by atoms with Crippen molar-refractivity contribution in [2.75, 3.05) is 12.0 Å². The molecule has 2 aromatic heterocycles. The van der Waals surface area contributed by atoms with Gasteiger partial charge in [-0.1, -0.05) is 23.7 Å². The molecule has 5 nitrogen and oxygen atoms in total. The molecule has 4 aromatic rings. The Labute approximate surface area is 177 Å². The van der Waals surface area contributed by atoms with Crippen LogP contribution in [0.5, 0.6) is 5.75 Å². The van der Waals surface area contributed by atoms with E-state index in [9.17, 15) is 4.79 Å². The maximum absolute atomic E-state index is 13.3. The minimum Gasteiger partial charge on any atom is -0.497 e. The first-order valence-corrected chi connectivity index (χ1v) is 10.1. The zero-order valence-electron chi connectivity index (χ0n) is 15.5. The number of anilines is 1. The number of nitrogens with zero attached hydrogens (tertiary/aromatic N) is 2. The molecular weight excluding hydrogens is 408 g/mol. The Kier molecular flexibility index (Phi) is 5.64. The molecule has 0 aliphatic carbocycles. The first-order valence-electron chi connectivity index (χ1n) is 8.84. The van der Waals surface area contributed by atoms with Crippen LogP contribution in [0.4, 0.5) is 5.13 Å². The summed E-state index contributed by atoms with van der Waals surface area (Å²) in [6, 6.07) is 18.1. The highest BCUT2D eigenvalue weighted by molar-refractivity contribution is 7.14. The molecule has 1 amide bonds. The van der Waals surface area contributed by atoms with E-state index in [1.165, 1.54) is 11.3 Å². The van der Waals surface area contributed by atoms with Gasteiger partial charge in [-0.25, -0.2) is 4.98 Å². The maximum Gasteiger partial charge on any atom is 0.260 e. The number of hydrogen-bond acceptors (Lipinski definition) is 5. The third kappa shape index (κ3) is 4.34. The van der Waals surface area contributed by atoms with Crippen molar-refractivity contribution in [2.45, 2.75) is 6.54 Å². The number of ether oxygens (including phenoxy) is 1. The zero-order chi connectivity index (χ0) is 20.2. The van der Waals surface area contributed by atoms with Crippen molar-refractivity contribution in [3.05, 3.63) is 88.7 Å². The van der Waals surface area contributed by atoms with Gasteiger partial charge in [0.05, 0.1) is 25.6 Å². The number of amides is 1. The van der Waals surface area contributed by atoms with E-state index < -0.39 is 0 Å². The minimum atomic E-state index is -0.166. The van der Waals surface area contributed by atoms with E-state index in [1.807, 2.05) is 35.7 Å². The molecule has 0 unspecified atom stereocenters. The molecule has 0 N–H and O–H groups in total. The highest BCUT2D eigenvalue weighted by Gasteiger charge is 2.22. The van der Waals surface area contributed by atoms with Gasteiger partial charge in [0.15, 0.2) is 5.13 Å². The molecular formula is C22H17ClN2O3S. The van der Waals surface area contributed by atoms with E-state index in [0.29, 0.717) is 27.2 Å². The fraction of sp³-hybridized carbons (Fsp3) is 0.0909. The second kappa shape index (κ2) is 8.51. The Morgan fingerprint density at radius 1 is 1.14 bits per heavy atom. The van der Waals surface area contributed by atoms with Crippen LogP contribution in [0, 0.1) is 0 Å². The lowest BCUT2D eigenvalue weighted by atomic mass is 10.2. The van der Waals surface area contributed by atoms with Gasteiger partial charge in [0.2, 0.25) is 0 Å². The highest BCUT2D eigenvalue weighted by atomic mass is 35.5. The number of furan rings is 1. The molecule has 0 saturated carbocycles. The van der Waals surface area contributed by atoms with Crippen LogP contribution in [-0.2, 0) is 6.54 Å². The fourth-order valence-electron chi connectivity index (χ4n) is 2.82. The summed E-state index contributed by atoms with van der Waals surface area (Å²) in [6.45, 7) is 0.283. The first-order chi connectivity index (χ1) is 14.1. The average molecular weight is 425 g/mol.